The number of piperazine rings is 1. The predicted molar refractivity (Wildman–Crippen MR) is 81.6 cm³/mol. The monoisotopic (exact) mass is 376 g/mol. The molecule has 1 aliphatic heterocycles. The molecule has 0 aliphatic carbocycles. The van der Waals surface area contributed by atoms with Crippen molar-refractivity contribution in [1.29, 1.82) is 0 Å². The fourth-order valence-corrected chi connectivity index (χ4v) is 3.93. The standard InChI is InChI=1S/C13H17BrN2O4S/c1-10(13(17)18)15-6-8-16(9-7-15)21(19,20)12-4-2-11(14)3-5-12/h2-5,10H,6-9H2,1H3,(H,17,18)/t10-/m0/s1. The number of aliphatic carboxylic acids is 1. The van der Waals surface area contributed by atoms with E-state index in [2.05, 4.69) is 15.9 Å². The summed E-state index contributed by atoms with van der Waals surface area (Å²) < 4.78 is 27.2. The summed E-state index contributed by atoms with van der Waals surface area (Å²) in [6, 6.07) is 5.91. The first-order valence-electron chi connectivity index (χ1n) is 6.55. The van der Waals surface area contributed by atoms with Crippen LogP contribution in [-0.4, -0.2) is 60.9 Å². The molecule has 1 atom stereocenters. The van der Waals surface area contributed by atoms with Crippen molar-refractivity contribution in [3.8, 4) is 0 Å². The molecule has 0 saturated carbocycles. The molecule has 1 N–H and O–H groups in total. The van der Waals surface area contributed by atoms with Gasteiger partial charge in [0.1, 0.15) is 6.04 Å². The van der Waals surface area contributed by atoms with Crippen LogP contribution in [0, 0.1) is 0 Å². The van der Waals surface area contributed by atoms with Crippen LogP contribution >= 0.6 is 15.9 Å². The van der Waals surface area contributed by atoms with E-state index in [1.54, 1.807) is 36.1 Å². The molecule has 0 amide bonds. The van der Waals surface area contributed by atoms with Gasteiger partial charge < -0.3 is 5.11 Å². The minimum absolute atomic E-state index is 0.255. The summed E-state index contributed by atoms with van der Waals surface area (Å²) in [5.74, 6) is -0.890. The normalized spacial score (nSPS) is 19.3. The molecule has 6 nitrogen and oxygen atoms in total. The molecule has 0 spiro atoms. The van der Waals surface area contributed by atoms with Gasteiger partial charge in [0.2, 0.25) is 10.0 Å². The second kappa shape index (κ2) is 6.43. The summed E-state index contributed by atoms with van der Waals surface area (Å²) in [6.45, 7) is 3.06. The van der Waals surface area contributed by atoms with Gasteiger partial charge >= 0.3 is 5.97 Å². The third-order valence-corrected chi connectivity index (χ3v) is 6.07. The summed E-state index contributed by atoms with van der Waals surface area (Å²) >= 11 is 3.27. The maximum absolute atomic E-state index is 12.5. The zero-order valence-electron chi connectivity index (χ0n) is 11.6. The summed E-state index contributed by atoms with van der Waals surface area (Å²) in [7, 11) is -3.51. The Bertz CT molecular complexity index is 610. The average molecular weight is 377 g/mol. The Morgan fingerprint density at radius 1 is 1.19 bits per heavy atom. The number of carboxylic acids is 1. The molecule has 0 aromatic heterocycles. The maximum atomic E-state index is 12.5. The van der Waals surface area contributed by atoms with E-state index >= 15 is 0 Å². The van der Waals surface area contributed by atoms with Gasteiger partial charge in [0, 0.05) is 30.7 Å². The van der Waals surface area contributed by atoms with E-state index in [4.69, 9.17) is 5.11 Å². The smallest absolute Gasteiger partial charge is 0.320 e. The van der Waals surface area contributed by atoms with Crippen LogP contribution in [0.5, 0.6) is 0 Å². The van der Waals surface area contributed by atoms with E-state index in [-0.39, 0.29) is 4.90 Å². The quantitative estimate of drug-likeness (QED) is 0.854. The van der Waals surface area contributed by atoms with E-state index < -0.39 is 22.0 Å². The molecule has 1 fully saturated rings. The van der Waals surface area contributed by atoms with Crippen molar-refractivity contribution in [2.45, 2.75) is 17.9 Å². The van der Waals surface area contributed by atoms with Crippen LogP contribution in [0.3, 0.4) is 0 Å². The number of benzene rings is 1. The molecule has 0 radical (unpaired) electrons. The zero-order chi connectivity index (χ0) is 15.6. The number of rotatable bonds is 4. The van der Waals surface area contributed by atoms with Crippen LogP contribution in [0.4, 0.5) is 0 Å². The second-order valence-corrected chi connectivity index (χ2v) is 7.76. The molecule has 21 heavy (non-hydrogen) atoms. The number of sulfonamides is 1. The van der Waals surface area contributed by atoms with E-state index in [0.29, 0.717) is 26.2 Å². The fraction of sp³-hybridized carbons (Fsp3) is 0.462. The first-order valence-corrected chi connectivity index (χ1v) is 8.78. The van der Waals surface area contributed by atoms with Crippen LogP contribution in [0.2, 0.25) is 0 Å². The van der Waals surface area contributed by atoms with Gasteiger partial charge in [-0.25, -0.2) is 8.42 Å². The molecule has 0 unspecified atom stereocenters. The van der Waals surface area contributed by atoms with E-state index in [0.717, 1.165) is 4.47 Å². The highest BCUT2D eigenvalue weighted by molar-refractivity contribution is 9.10. The highest BCUT2D eigenvalue weighted by atomic mass is 79.9. The first kappa shape index (κ1) is 16.4. The Morgan fingerprint density at radius 3 is 2.19 bits per heavy atom. The highest BCUT2D eigenvalue weighted by Crippen LogP contribution is 2.20. The number of hydrogen-bond acceptors (Lipinski definition) is 4. The molecule has 1 saturated heterocycles. The zero-order valence-corrected chi connectivity index (χ0v) is 14.0. The average Bonchev–Trinajstić information content (AvgIpc) is 2.47. The minimum Gasteiger partial charge on any atom is -0.480 e. The molecule has 1 heterocycles. The largest absolute Gasteiger partial charge is 0.480 e. The van der Waals surface area contributed by atoms with E-state index in [1.165, 1.54) is 4.31 Å². The van der Waals surface area contributed by atoms with Crippen molar-refractivity contribution in [3.05, 3.63) is 28.7 Å². The second-order valence-electron chi connectivity index (χ2n) is 4.91. The van der Waals surface area contributed by atoms with E-state index in [9.17, 15) is 13.2 Å². The molecule has 116 valence electrons. The van der Waals surface area contributed by atoms with Crippen LogP contribution in [0.25, 0.3) is 0 Å². The van der Waals surface area contributed by atoms with Gasteiger partial charge in [0.05, 0.1) is 4.90 Å². The Labute approximate surface area is 132 Å². The number of nitrogens with zero attached hydrogens (tertiary/aromatic N) is 2. The highest BCUT2D eigenvalue weighted by Gasteiger charge is 2.31. The molecule has 1 aliphatic rings. The Kier molecular flexibility index (Phi) is 5.03. The lowest BCUT2D eigenvalue weighted by Crippen LogP contribution is -2.53. The Balaban J connectivity index is 2.07. The van der Waals surface area contributed by atoms with Crippen LogP contribution < -0.4 is 0 Å². The fourth-order valence-electron chi connectivity index (χ4n) is 2.24. The van der Waals surface area contributed by atoms with Gasteiger partial charge in [-0.2, -0.15) is 4.31 Å². The first-order chi connectivity index (χ1) is 9.82. The van der Waals surface area contributed by atoms with Crippen LogP contribution in [0.1, 0.15) is 6.92 Å². The van der Waals surface area contributed by atoms with Gasteiger partial charge in [-0.15, -0.1) is 0 Å². The molecule has 0 bridgehead atoms. The van der Waals surface area contributed by atoms with Crippen molar-refractivity contribution in [1.82, 2.24) is 9.21 Å². The third-order valence-electron chi connectivity index (χ3n) is 3.63. The van der Waals surface area contributed by atoms with Gasteiger partial charge in [0.25, 0.3) is 0 Å². The van der Waals surface area contributed by atoms with Crippen molar-refractivity contribution in [3.63, 3.8) is 0 Å². The summed E-state index contributed by atoms with van der Waals surface area (Å²) in [5.41, 5.74) is 0. The van der Waals surface area contributed by atoms with Crippen LogP contribution in [0.15, 0.2) is 33.6 Å². The van der Waals surface area contributed by atoms with Gasteiger partial charge in [-0.3, -0.25) is 9.69 Å². The van der Waals surface area contributed by atoms with Crippen molar-refractivity contribution in [2.75, 3.05) is 26.2 Å². The number of carboxylic acid groups (broad SMARTS) is 1. The molecule has 2 rings (SSSR count). The van der Waals surface area contributed by atoms with Gasteiger partial charge in [-0.1, -0.05) is 15.9 Å². The summed E-state index contributed by atoms with van der Waals surface area (Å²) in [6.07, 6.45) is 0. The number of carbonyl (C=O) groups is 1. The molecular weight excluding hydrogens is 360 g/mol. The van der Waals surface area contributed by atoms with Crippen LogP contribution in [-0.2, 0) is 14.8 Å². The van der Waals surface area contributed by atoms with Crippen molar-refractivity contribution < 1.29 is 18.3 Å². The minimum atomic E-state index is -3.51. The summed E-state index contributed by atoms with van der Waals surface area (Å²) in [5, 5.41) is 8.99. The Morgan fingerprint density at radius 2 is 1.71 bits per heavy atom. The lowest BCUT2D eigenvalue weighted by atomic mass is 10.2. The third kappa shape index (κ3) is 3.63. The SMILES string of the molecule is C[C@@H](C(=O)O)N1CCN(S(=O)(=O)c2ccc(Br)cc2)CC1. The lowest BCUT2D eigenvalue weighted by Gasteiger charge is -2.35. The lowest BCUT2D eigenvalue weighted by molar-refractivity contribution is -0.143. The van der Waals surface area contributed by atoms with Gasteiger partial charge in [-0.05, 0) is 31.2 Å². The maximum Gasteiger partial charge on any atom is 0.320 e. The summed E-state index contributed by atoms with van der Waals surface area (Å²) in [4.78, 5) is 13.0. The van der Waals surface area contributed by atoms with E-state index in [1.807, 2.05) is 0 Å². The van der Waals surface area contributed by atoms with Gasteiger partial charge in [0.15, 0.2) is 0 Å². The number of halogens is 1. The number of hydrogen-bond donors (Lipinski definition) is 1. The predicted octanol–water partition coefficient (Wildman–Crippen LogP) is 1.23. The molecular formula is C13H17BrN2O4S. The molecule has 1 aromatic rings. The van der Waals surface area contributed by atoms with Crippen molar-refractivity contribution in [2.24, 2.45) is 0 Å². The molecule has 8 heteroatoms. The van der Waals surface area contributed by atoms with Crippen molar-refractivity contribution >= 4 is 31.9 Å². The Hall–Kier alpha value is -0.960. The topological polar surface area (TPSA) is 77.9 Å². The molecule has 1 aromatic carbocycles.